The Labute approximate surface area is 95.8 Å². The molecule has 1 aromatic heterocycles. The van der Waals surface area contributed by atoms with Gasteiger partial charge in [-0.2, -0.15) is 0 Å². The Kier molecular flexibility index (Phi) is 3.16. The zero-order valence-electron chi connectivity index (χ0n) is 8.43. The summed E-state index contributed by atoms with van der Waals surface area (Å²) in [7, 11) is 0. The third-order valence-corrected chi connectivity index (χ3v) is 3.04. The highest BCUT2D eigenvalue weighted by Crippen LogP contribution is 2.18. The number of ether oxygens (including phenoxy) is 1. The van der Waals surface area contributed by atoms with E-state index in [-0.39, 0.29) is 17.5 Å². The first-order chi connectivity index (χ1) is 7.66. The molecule has 1 saturated heterocycles. The van der Waals surface area contributed by atoms with Crippen LogP contribution in [0.5, 0.6) is 0 Å². The average Bonchev–Trinajstić information content (AvgIpc) is 2.87. The van der Waals surface area contributed by atoms with Gasteiger partial charge in [-0.3, -0.25) is 9.59 Å². The van der Waals surface area contributed by atoms with E-state index in [0.29, 0.717) is 18.3 Å². The molecule has 16 heavy (non-hydrogen) atoms. The number of carbonyl (C=O) groups excluding carboxylic acids is 2. The van der Waals surface area contributed by atoms with Gasteiger partial charge in [-0.05, 0) is 6.42 Å². The molecular weight excluding hydrogens is 230 g/mol. The van der Waals surface area contributed by atoms with Crippen LogP contribution in [0.3, 0.4) is 0 Å². The van der Waals surface area contributed by atoms with Crippen molar-refractivity contribution in [3.05, 3.63) is 11.1 Å². The maximum Gasteiger partial charge on any atom is 0.268 e. The van der Waals surface area contributed by atoms with E-state index < -0.39 is 5.91 Å². The molecular formula is C9H11N3O3S. The van der Waals surface area contributed by atoms with Crippen LogP contribution in [0.15, 0.2) is 5.38 Å². The molecule has 1 unspecified atom stereocenters. The highest BCUT2D eigenvalue weighted by atomic mass is 32.1. The van der Waals surface area contributed by atoms with Crippen molar-refractivity contribution < 1.29 is 14.3 Å². The van der Waals surface area contributed by atoms with Gasteiger partial charge in [-0.25, -0.2) is 4.98 Å². The fourth-order valence-electron chi connectivity index (χ4n) is 1.39. The number of nitrogens with zero attached hydrogens (tertiary/aromatic N) is 1. The Bertz CT molecular complexity index is 412. The molecule has 1 aliphatic rings. The zero-order valence-corrected chi connectivity index (χ0v) is 9.25. The molecule has 0 bridgehead atoms. The number of primary amides is 1. The summed E-state index contributed by atoms with van der Waals surface area (Å²) in [5.41, 5.74) is 5.22. The summed E-state index contributed by atoms with van der Waals surface area (Å²) >= 11 is 1.18. The van der Waals surface area contributed by atoms with Crippen LogP contribution in [0.2, 0.25) is 0 Å². The van der Waals surface area contributed by atoms with E-state index in [2.05, 4.69) is 10.3 Å². The second kappa shape index (κ2) is 4.58. The summed E-state index contributed by atoms with van der Waals surface area (Å²) in [6.07, 6.45) is 0.722. The first-order valence-corrected chi connectivity index (χ1v) is 5.68. The van der Waals surface area contributed by atoms with E-state index in [1.54, 1.807) is 0 Å². The number of nitrogens with one attached hydrogen (secondary N) is 1. The monoisotopic (exact) mass is 241 g/mol. The molecule has 1 aromatic rings. The number of nitrogens with two attached hydrogens (primary N) is 1. The number of hydrogen-bond donors (Lipinski definition) is 2. The number of amides is 2. The van der Waals surface area contributed by atoms with Crippen LogP contribution in [-0.4, -0.2) is 30.0 Å². The van der Waals surface area contributed by atoms with Crippen molar-refractivity contribution in [2.45, 2.75) is 6.42 Å². The summed E-state index contributed by atoms with van der Waals surface area (Å²) in [6, 6.07) is 0. The fourth-order valence-corrected chi connectivity index (χ4v) is 2.10. The van der Waals surface area contributed by atoms with Crippen molar-refractivity contribution in [2.24, 2.45) is 11.7 Å². The van der Waals surface area contributed by atoms with Gasteiger partial charge in [0.1, 0.15) is 5.69 Å². The number of aromatic nitrogens is 1. The van der Waals surface area contributed by atoms with Crippen molar-refractivity contribution >= 4 is 28.3 Å². The molecule has 7 heteroatoms. The van der Waals surface area contributed by atoms with Crippen LogP contribution >= 0.6 is 11.3 Å². The predicted octanol–water partition coefficient (Wildman–Crippen LogP) is 0.217. The van der Waals surface area contributed by atoms with Crippen LogP contribution in [0.1, 0.15) is 16.9 Å². The topological polar surface area (TPSA) is 94.3 Å². The maximum atomic E-state index is 11.7. The van der Waals surface area contributed by atoms with Gasteiger partial charge in [-0.1, -0.05) is 0 Å². The van der Waals surface area contributed by atoms with Crippen LogP contribution in [0, 0.1) is 5.92 Å². The van der Waals surface area contributed by atoms with Gasteiger partial charge in [0.2, 0.25) is 5.91 Å². The summed E-state index contributed by atoms with van der Waals surface area (Å²) in [4.78, 5) is 26.3. The minimum Gasteiger partial charge on any atom is -0.381 e. The zero-order chi connectivity index (χ0) is 11.5. The van der Waals surface area contributed by atoms with E-state index in [1.165, 1.54) is 16.7 Å². The van der Waals surface area contributed by atoms with Crippen LogP contribution in [0.4, 0.5) is 5.13 Å². The van der Waals surface area contributed by atoms with E-state index in [9.17, 15) is 9.59 Å². The van der Waals surface area contributed by atoms with Gasteiger partial charge >= 0.3 is 0 Å². The fraction of sp³-hybridized carbons (Fsp3) is 0.444. The molecule has 0 radical (unpaired) electrons. The molecule has 1 atom stereocenters. The van der Waals surface area contributed by atoms with Gasteiger partial charge in [-0.15, -0.1) is 11.3 Å². The first-order valence-electron chi connectivity index (χ1n) is 4.81. The highest BCUT2D eigenvalue weighted by Gasteiger charge is 2.24. The minimum absolute atomic E-state index is 0.122. The second-order valence-electron chi connectivity index (χ2n) is 3.45. The lowest BCUT2D eigenvalue weighted by atomic mass is 10.1. The van der Waals surface area contributed by atoms with Crippen LogP contribution < -0.4 is 11.1 Å². The van der Waals surface area contributed by atoms with Gasteiger partial charge in [0.05, 0.1) is 12.5 Å². The molecule has 2 heterocycles. The lowest BCUT2D eigenvalue weighted by Gasteiger charge is -2.05. The molecule has 86 valence electrons. The Morgan fingerprint density at radius 1 is 1.62 bits per heavy atom. The summed E-state index contributed by atoms with van der Waals surface area (Å²) in [5, 5.41) is 4.55. The third-order valence-electron chi connectivity index (χ3n) is 2.29. The van der Waals surface area contributed by atoms with Gasteiger partial charge in [0, 0.05) is 12.0 Å². The number of carbonyl (C=O) groups is 2. The number of anilines is 1. The summed E-state index contributed by atoms with van der Waals surface area (Å²) in [5.74, 6) is -0.843. The van der Waals surface area contributed by atoms with Crippen molar-refractivity contribution in [3.63, 3.8) is 0 Å². The van der Waals surface area contributed by atoms with E-state index in [1.807, 2.05) is 0 Å². The number of thiazole rings is 1. The SMILES string of the molecule is NC(=O)c1csc(NC(=O)C2CCOC2)n1. The van der Waals surface area contributed by atoms with E-state index in [0.717, 1.165) is 6.42 Å². The van der Waals surface area contributed by atoms with Crippen LogP contribution in [-0.2, 0) is 9.53 Å². The largest absolute Gasteiger partial charge is 0.381 e. The molecule has 0 aromatic carbocycles. The molecule has 0 aliphatic carbocycles. The highest BCUT2D eigenvalue weighted by molar-refractivity contribution is 7.14. The molecule has 2 amide bonds. The Morgan fingerprint density at radius 3 is 3.00 bits per heavy atom. The van der Waals surface area contributed by atoms with Crippen molar-refractivity contribution in [1.82, 2.24) is 4.98 Å². The standard InChI is InChI=1S/C9H11N3O3S/c10-7(13)6-4-16-9(11-6)12-8(14)5-1-2-15-3-5/h4-5H,1-3H2,(H2,10,13)(H,11,12,14). The van der Waals surface area contributed by atoms with Crippen LogP contribution in [0.25, 0.3) is 0 Å². The Hall–Kier alpha value is -1.47. The third kappa shape index (κ3) is 2.37. The quantitative estimate of drug-likeness (QED) is 0.791. The molecule has 1 fully saturated rings. The normalized spacial score (nSPS) is 19.6. The molecule has 0 spiro atoms. The van der Waals surface area contributed by atoms with Crippen molar-refractivity contribution in [3.8, 4) is 0 Å². The van der Waals surface area contributed by atoms with E-state index in [4.69, 9.17) is 10.5 Å². The summed E-state index contributed by atoms with van der Waals surface area (Å²) < 4.78 is 5.11. The van der Waals surface area contributed by atoms with Crippen molar-refractivity contribution in [1.29, 1.82) is 0 Å². The van der Waals surface area contributed by atoms with Gasteiger partial charge in [0.25, 0.3) is 5.91 Å². The van der Waals surface area contributed by atoms with E-state index >= 15 is 0 Å². The molecule has 1 aliphatic heterocycles. The Morgan fingerprint density at radius 2 is 2.44 bits per heavy atom. The van der Waals surface area contributed by atoms with Crippen molar-refractivity contribution in [2.75, 3.05) is 18.5 Å². The Balaban J connectivity index is 1.97. The first kappa shape index (κ1) is 11.0. The average molecular weight is 241 g/mol. The van der Waals surface area contributed by atoms with Gasteiger partial charge in [0.15, 0.2) is 5.13 Å². The van der Waals surface area contributed by atoms with Gasteiger partial charge < -0.3 is 15.8 Å². The lowest BCUT2D eigenvalue weighted by Crippen LogP contribution is -2.22. The summed E-state index contributed by atoms with van der Waals surface area (Å²) in [6.45, 7) is 1.06. The molecule has 0 saturated carbocycles. The molecule has 6 nitrogen and oxygen atoms in total. The maximum absolute atomic E-state index is 11.7. The minimum atomic E-state index is -0.596. The number of rotatable bonds is 3. The second-order valence-corrected chi connectivity index (χ2v) is 4.31. The lowest BCUT2D eigenvalue weighted by molar-refractivity contribution is -0.119. The predicted molar refractivity (Wildman–Crippen MR) is 58.2 cm³/mol. The number of hydrogen-bond acceptors (Lipinski definition) is 5. The smallest absolute Gasteiger partial charge is 0.268 e. The molecule has 2 rings (SSSR count). The molecule has 3 N–H and O–H groups in total.